The van der Waals surface area contributed by atoms with E-state index in [1.165, 1.54) is 25.3 Å². The van der Waals surface area contributed by atoms with Crippen LogP contribution in [0.25, 0.3) is 11.1 Å². The van der Waals surface area contributed by atoms with Gasteiger partial charge < -0.3 is 14.4 Å². The molecule has 33 heavy (non-hydrogen) atoms. The Morgan fingerprint density at radius 3 is 2.09 bits per heavy atom. The third-order valence-electron chi connectivity index (χ3n) is 5.58. The fourth-order valence-corrected chi connectivity index (χ4v) is 3.94. The van der Waals surface area contributed by atoms with Crippen LogP contribution in [0.2, 0.25) is 0 Å². The summed E-state index contributed by atoms with van der Waals surface area (Å²) in [6, 6.07) is 10.1. The number of alkyl halides is 3. The van der Waals surface area contributed by atoms with Gasteiger partial charge in [0.05, 0.1) is 18.2 Å². The van der Waals surface area contributed by atoms with E-state index in [1.807, 2.05) is 0 Å². The number of benzene rings is 2. The van der Waals surface area contributed by atoms with E-state index in [1.54, 1.807) is 37.8 Å². The van der Waals surface area contributed by atoms with Crippen molar-refractivity contribution in [3.63, 3.8) is 0 Å². The first-order valence-electron chi connectivity index (χ1n) is 10.8. The molecule has 8 heteroatoms. The Labute approximate surface area is 191 Å². The van der Waals surface area contributed by atoms with Crippen LogP contribution in [0, 0.1) is 0 Å². The molecule has 1 fully saturated rings. The van der Waals surface area contributed by atoms with Crippen LogP contribution in [0.15, 0.2) is 42.5 Å². The van der Waals surface area contributed by atoms with Crippen LogP contribution in [-0.2, 0) is 15.7 Å². The summed E-state index contributed by atoms with van der Waals surface area (Å²) in [6.45, 7) is 6.33. The Hall–Kier alpha value is -3.03. The molecule has 5 nitrogen and oxygen atoms in total. The van der Waals surface area contributed by atoms with Crippen molar-refractivity contribution < 1.29 is 32.2 Å². The highest BCUT2D eigenvalue weighted by molar-refractivity contribution is 5.90. The molecule has 0 aliphatic carbocycles. The number of hydrogen-bond donors (Lipinski definition) is 0. The molecule has 1 aliphatic heterocycles. The summed E-state index contributed by atoms with van der Waals surface area (Å²) in [4.78, 5) is 25.7. The van der Waals surface area contributed by atoms with Crippen molar-refractivity contribution in [2.24, 2.45) is 0 Å². The maximum atomic E-state index is 13.4. The molecule has 0 unspecified atom stereocenters. The molecule has 1 aliphatic rings. The number of carbonyl (C=O) groups is 2. The number of rotatable bonds is 3. The summed E-state index contributed by atoms with van der Waals surface area (Å²) < 4.78 is 50.4. The van der Waals surface area contributed by atoms with Crippen molar-refractivity contribution in [1.29, 1.82) is 0 Å². The zero-order chi connectivity index (χ0) is 24.4. The van der Waals surface area contributed by atoms with Gasteiger partial charge in [-0.3, -0.25) is 0 Å². The summed E-state index contributed by atoms with van der Waals surface area (Å²) in [5, 5.41) is 0. The SMILES string of the molecule is COC(=O)c1ccc(-c2cc(C(F)(F)F)ccc2C2CCN(C(=O)OC(C)(C)C)CC2)cc1. The number of likely N-dealkylation sites (tertiary alicyclic amines) is 1. The molecule has 0 saturated carbocycles. The van der Waals surface area contributed by atoms with Crippen LogP contribution >= 0.6 is 0 Å². The van der Waals surface area contributed by atoms with Gasteiger partial charge in [-0.1, -0.05) is 18.2 Å². The number of hydrogen-bond acceptors (Lipinski definition) is 4. The zero-order valence-electron chi connectivity index (χ0n) is 19.2. The van der Waals surface area contributed by atoms with Crippen molar-refractivity contribution in [2.45, 2.75) is 51.3 Å². The van der Waals surface area contributed by atoms with Gasteiger partial charge >= 0.3 is 18.2 Å². The topological polar surface area (TPSA) is 55.8 Å². The van der Waals surface area contributed by atoms with Gasteiger partial charge in [-0.05, 0) is 80.5 Å². The highest BCUT2D eigenvalue weighted by atomic mass is 19.4. The van der Waals surface area contributed by atoms with E-state index >= 15 is 0 Å². The Bertz CT molecular complexity index is 1000. The third kappa shape index (κ3) is 6.06. The largest absolute Gasteiger partial charge is 0.465 e. The number of halogens is 3. The molecule has 0 radical (unpaired) electrons. The van der Waals surface area contributed by atoms with Crippen LogP contribution in [0.3, 0.4) is 0 Å². The maximum Gasteiger partial charge on any atom is 0.416 e. The van der Waals surface area contributed by atoms with Gasteiger partial charge in [0.2, 0.25) is 0 Å². The van der Waals surface area contributed by atoms with Crippen LogP contribution in [-0.4, -0.2) is 42.8 Å². The first kappa shape index (κ1) is 24.6. The second-order valence-corrected chi connectivity index (χ2v) is 9.11. The Balaban J connectivity index is 1.88. The van der Waals surface area contributed by atoms with E-state index in [0.29, 0.717) is 42.6 Å². The lowest BCUT2D eigenvalue weighted by Crippen LogP contribution is -2.41. The molecule has 178 valence electrons. The van der Waals surface area contributed by atoms with E-state index in [0.717, 1.165) is 17.7 Å². The molecule has 1 saturated heterocycles. The summed E-state index contributed by atoms with van der Waals surface area (Å²) >= 11 is 0. The molecular formula is C25H28F3NO4. The van der Waals surface area contributed by atoms with Crippen LogP contribution in [0.4, 0.5) is 18.0 Å². The molecule has 2 aromatic carbocycles. The number of esters is 1. The van der Waals surface area contributed by atoms with Crippen LogP contribution in [0.5, 0.6) is 0 Å². The smallest absolute Gasteiger partial charge is 0.416 e. The van der Waals surface area contributed by atoms with Crippen molar-refractivity contribution >= 4 is 12.1 Å². The number of nitrogens with zero attached hydrogens (tertiary/aromatic N) is 1. The molecule has 0 bridgehead atoms. The van der Waals surface area contributed by atoms with Crippen molar-refractivity contribution in [3.05, 3.63) is 59.2 Å². The Morgan fingerprint density at radius 2 is 1.58 bits per heavy atom. The number of ether oxygens (including phenoxy) is 2. The number of methoxy groups -OCH3 is 1. The van der Waals surface area contributed by atoms with Crippen molar-refractivity contribution in [2.75, 3.05) is 20.2 Å². The Morgan fingerprint density at radius 1 is 0.970 bits per heavy atom. The van der Waals surface area contributed by atoms with Gasteiger partial charge in [0, 0.05) is 13.1 Å². The summed E-state index contributed by atoms with van der Waals surface area (Å²) in [5.41, 5.74) is 0.836. The average molecular weight is 463 g/mol. The minimum Gasteiger partial charge on any atom is -0.465 e. The van der Waals surface area contributed by atoms with Crippen LogP contribution < -0.4 is 0 Å². The second kappa shape index (κ2) is 9.45. The molecule has 1 amide bonds. The second-order valence-electron chi connectivity index (χ2n) is 9.11. The van der Waals surface area contributed by atoms with Gasteiger partial charge in [0.25, 0.3) is 0 Å². The van der Waals surface area contributed by atoms with Crippen molar-refractivity contribution in [3.8, 4) is 11.1 Å². The lowest BCUT2D eigenvalue weighted by atomic mass is 9.83. The lowest BCUT2D eigenvalue weighted by Gasteiger charge is -2.34. The number of amides is 1. The van der Waals surface area contributed by atoms with E-state index in [-0.39, 0.29) is 12.0 Å². The fraction of sp³-hybridized carbons (Fsp3) is 0.440. The first-order valence-corrected chi connectivity index (χ1v) is 10.8. The van der Waals surface area contributed by atoms with Crippen molar-refractivity contribution in [1.82, 2.24) is 4.90 Å². The summed E-state index contributed by atoms with van der Waals surface area (Å²) in [5.74, 6) is -0.526. The predicted octanol–water partition coefficient (Wildman–Crippen LogP) is 6.27. The molecular weight excluding hydrogens is 435 g/mol. The predicted molar refractivity (Wildman–Crippen MR) is 118 cm³/mol. The standard InChI is InChI=1S/C25H28F3NO4/c1-24(2,3)33-23(31)29-13-11-17(12-14-29)20-10-9-19(25(26,27)28)15-21(20)16-5-7-18(8-6-16)22(30)32-4/h5-10,15,17H,11-14H2,1-4H3. The molecule has 3 rings (SSSR count). The normalized spacial score (nSPS) is 15.3. The molecule has 0 aromatic heterocycles. The lowest BCUT2D eigenvalue weighted by molar-refractivity contribution is -0.137. The van der Waals surface area contributed by atoms with Gasteiger partial charge in [-0.15, -0.1) is 0 Å². The average Bonchev–Trinajstić information content (AvgIpc) is 2.76. The molecule has 0 N–H and O–H groups in total. The van der Waals surface area contributed by atoms with Crippen LogP contribution in [0.1, 0.15) is 61.0 Å². The van der Waals surface area contributed by atoms with Gasteiger partial charge in [-0.2, -0.15) is 13.2 Å². The molecule has 1 heterocycles. The summed E-state index contributed by atoms with van der Waals surface area (Å²) in [6.07, 6.45) is -3.64. The van der Waals surface area contributed by atoms with Gasteiger partial charge in [0.15, 0.2) is 0 Å². The minimum absolute atomic E-state index is 0.0127. The molecule has 0 atom stereocenters. The number of carbonyl (C=O) groups excluding carboxylic acids is 2. The monoisotopic (exact) mass is 463 g/mol. The van der Waals surface area contributed by atoms with Gasteiger partial charge in [0.1, 0.15) is 5.60 Å². The highest BCUT2D eigenvalue weighted by Crippen LogP contribution is 2.39. The third-order valence-corrected chi connectivity index (χ3v) is 5.58. The van der Waals surface area contributed by atoms with E-state index < -0.39 is 23.3 Å². The van der Waals surface area contributed by atoms with Gasteiger partial charge in [-0.25, -0.2) is 9.59 Å². The van der Waals surface area contributed by atoms with E-state index in [4.69, 9.17) is 9.47 Å². The van der Waals surface area contributed by atoms with E-state index in [9.17, 15) is 22.8 Å². The molecule has 2 aromatic rings. The first-order chi connectivity index (χ1) is 15.4. The Kier molecular flexibility index (Phi) is 7.05. The highest BCUT2D eigenvalue weighted by Gasteiger charge is 2.33. The maximum absolute atomic E-state index is 13.4. The van der Waals surface area contributed by atoms with E-state index in [2.05, 4.69) is 0 Å². The number of piperidine rings is 1. The fourth-order valence-electron chi connectivity index (χ4n) is 3.94. The molecule has 0 spiro atoms. The summed E-state index contributed by atoms with van der Waals surface area (Å²) in [7, 11) is 1.27. The zero-order valence-corrected chi connectivity index (χ0v) is 19.2. The quantitative estimate of drug-likeness (QED) is 0.503. The minimum atomic E-state index is -4.47.